The molecule has 4 rings (SSSR count). The summed E-state index contributed by atoms with van der Waals surface area (Å²) in [5.74, 6) is 0.427. The zero-order chi connectivity index (χ0) is 27.1. The first kappa shape index (κ1) is 27.3. The number of aromatic nitrogens is 2. The van der Waals surface area contributed by atoms with Crippen LogP contribution in [-0.4, -0.2) is 58.5 Å². The molecule has 0 saturated heterocycles. The lowest BCUT2D eigenvalue weighted by atomic mass is 10.1. The fraction of sp³-hybridized carbons (Fsp3) is 0.400. The van der Waals surface area contributed by atoms with Gasteiger partial charge in [0.2, 0.25) is 5.91 Å². The van der Waals surface area contributed by atoms with Gasteiger partial charge < -0.3 is 10.2 Å². The van der Waals surface area contributed by atoms with E-state index in [9.17, 15) is 9.59 Å². The highest BCUT2D eigenvalue weighted by Gasteiger charge is 2.27. The van der Waals surface area contributed by atoms with Crippen LogP contribution in [0.2, 0.25) is 0 Å². The van der Waals surface area contributed by atoms with Gasteiger partial charge in [-0.15, -0.1) is 0 Å². The SMILES string of the molecule is Cc1ccc(-c2cnccn2)cc1N(CC(=O)NCCCC(C)C)CC(=O)N(C)N1Cc2ccccc2C1. The van der Waals surface area contributed by atoms with Gasteiger partial charge in [0, 0.05) is 50.3 Å². The highest BCUT2D eigenvalue weighted by atomic mass is 16.2. The number of nitrogens with one attached hydrogen (secondary N) is 1. The molecule has 1 aliphatic heterocycles. The molecular formula is C30H38N6O2. The van der Waals surface area contributed by atoms with Crippen LogP contribution >= 0.6 is 0 Å². The summed E-state index contributed by atoms with van der Waals surface area (Å²) in [5.41, 5.74) is 5.91. The topological polar surface area (TPSA) is 81.7 Å². The number of rotatable bonds is 11. The minimum atomic E-state index is -0.0953. The first-order chi connectivity index (χ1) is 18.3. The second-order valence-electron chi connectivity index (χ2n) is 10.3. The standard InChI is InChI=1S/C30H38N6O2/c1-22(2)8-7-13-33-29(37)20-35(28-16-24(12-11-23(28)3)27-17-31-14-15-32-27)21-30(38)34(4)36-18-25-9-5-6-10-26(25)19-36/h5-6,9-12,14-17,22H,7-8,13,18-21H2,1-4H3,(H,33,37). The maximum Gasteiger partial charge on any atom is 0.256 e. The highest BCUT2D eigenvalue weighted by molar-refractivity contribution is 5.87. The summed E-state index contributed by atoms with van der Waals surface area (Å²) in [6.45, 7) is 8.53. The Morgan fingerprint density at radius 2 is 1.79 bits per heavy atom. The van der Waals surface area contributed by atoms with Crippen LogP contribution in [0, 0.1) is 12.8 Å². The van der Waals surface area contributed by atoms with Crippen LogP contribution in [0.3, 0.4) is 0 Å². The Labute approximate surface area is 225 Å². The average molecular weight is 515 g/mol. The molecule has 1 aromatic heterocycles. The van der Waals surface area contributed by atoms with Crippen molar-refractivity contribution in [2.45, 2.75) is 46.7 Å². The third-order valence-corrected chi connectivity index (χ3v) is 6.96. The minimum Gasteiger partial charge on any atom is -0.355 e. The zero-order valence-corrected chi connectivity index (χ0v) is 22.9. The van der Waals surface area contributed by atoms with Gasteiger partial charge in [0.15, 0.2) is 0 Å². The Morgan fingerprint density at radius 3 is 2.45 bits per heavy atom. The molecule has 0 saturated carbocycles. The molecule has 0 bridgehead atoms. The van der Waals surface area contributed by atoms with Crippen molar-refractivity contribution in [2.24, 2.45) is 5.92 Å². The molecule has 8 heteroatoms. The summed E-state index contributed by atoms with van der Waals surface area (Å²) in [4.78, 5) is 37.0. The third kappa shape index (κ3) is 6.95. The Morgan fingerprint density at radius 1 is 1.05 bits per heavy atom. The van der Waals surface area contributed by atoms with Crippen LogP contribution in [0.5, 0.6) is 0 Å². The number of hydrazine groups is 1. The molecular weight excluding hydrogens is 476 g/mol. The second kappa shape index (κ2) is 12.6. The van der Waals surface area contributed by atoms with E-state index in [4.69, 9.17) is 0 Å². The summed E-state index contributed by atoms with van der Waals surface area (Å²) in [5, 5.41) is 6.77. The van der Waals surface area contributed by atoms with E-state index in [1.54, 1.807) is 30.6 Å². The van der Waals surface area contributed by atoms with Crippen LogP contribution in [0.1, 0.15) is 43.4 Å². The Hall–Kier alpha value is -3.78. The van der Waals surface area contributed by atoms with Crippen molar-refractivity contribution in [1.82, 2.24) is 25.3 Å². The molecule has 0 fully saturated rings. The first-order valence-electron chi connectivity index (χ1n) is 13.3. The van der Waals surface area contributed by atoms with Crippen molar-refractivity contribution in [1.29, 1.82) is 0 Å². The number of likely N-dealkylation sites (N-methyl/N-ethyl adjacent to an activating group) is 1. The van der Waals surface area contributed by atoms with Crippen molar-refractivity contribution < 1.29 is 9.59 Å². The van der Waals surface area contributed by atoms with Gasteiger partial charge in [0.1, 0.15) is 0 Å². The number of anilines is 1. The largest absolute Gasteiger partial charge is 0.355 e. The van der Waals surface area contributed by atoms with E-state index < -0.39 is 0 Å². The Kier molecular flexibility index (Phi) is 9.07. The molecule has 200 valence electrons. The molecule has 0 spiro atoms. The Balaban J connectivity index is 1.52. The number of carbonyl (C=O) groups excluding carboxylic acids is 2. The molecule has 0 aliphatic carbocycles. The van der Waals surface area contributed by atoms with Crippen molar-refractivity contribution in [2.75, 3.05) is 31.6 Å². The fourth-order valence-corrected chi connectivity index (χ4v) is 4.70. The molecule has 2 aromatic carbocycles. The van der Waals surface area contributed by atoms with Crippen LogP contribution < -0.4 is 10.2 Å². The van der Waals surface area contributed by atoms with Gasteiger partial charge in [-0.05, 0) is 48.4 Å². The van der Waals surface area contributed by atoms with Gasteiger partial charge in [-0.25, -0.2) is 5.01 Å². The molecule has 0 unspecified atom stereocenters. The van der Waals surface area contributed by atoms with Gasteiger partial charge in [-0.1, -0.05) is 50.2 Å². The van der Waals surface area contributed by atoms with Crippen LogP contribution in [0.15, 0.2) is 61.1 Å². The van der Waals surface area contributed by atoms with Crippen LogP contribution in [0.4, 0.5) is 5.69 Å². The van der Waals surface area contributed by atoms with Gasteiger partial charge >= 0.3 is 0 Å². The smallest absolute Gasteiger partial charge is 0.256 e. The number of benzene rings is 2. The minimum absolute atomic E-state index is 0.0743. The molecule has 2 heterocycles. The third-order valence-electron chi connectivity index (χ3n) is 6.96. The number of nitrogens with zero attached hydrogens (tertiary/aromatic N) is 5. The monoisotopic (exact) mass is 514 g/mol. The summed E-state index contributed by atoms with van der Waals surface area (Å²) in [6, 6.07) is 14.2. The van der Waals surface area contributed by atoms with E-state index in [2.05, 4.69) is 41.3 Å². The van der Waals surface area contributed by atoms with E-state index in [0.717, 1.165) is 35.3 Å². The molecule has 1 N–H and O–H groups in total. The predicted octanol–water partition coefficient (Wildman–Crippen LogP) is 4.20. The summed E-state index contributed by atoms with van der Waals surface area (Å²) in [7, 11) is 1.81. The Bertz CT molecular complexity index is 1220. The number of carbonyl (C=O) groups is 2. The number of aryl methyl sites for hydroxylation is 1. The predicted molar refractivity (Wildman–Crippen MR) is 150 cm³/mol. The van der Waals surface area contributed by atoms with Crippen molar-refractivity contribution in [3.63, 3.8) is 0 Å². The summed E-state index contributed by atoms with van der Waals surface area (Å²) < 4.78 is 0. The molecule has 38 heavy (non-hydrogen) atoms. The molecule has 0 radical (unpaired) electrons. The van der Waals surface area contributed by atoms with E-state index >= 15 is 0 Å². The lowest BCUT2D eigenvalue weighted by Gasteiger charge is -2.32. The van der Waals surface area contributed by atoms with Crippen LogP contribution in [-0.2, 0) is 22.7 Å². The quantitative estimate of drug-likeness (QED) is 0.386. The molecule has 2 amide bonds. The maximum absolute atomic E-state index is 13.5. The van der Waals surface area contributed by atoms with E-state index in [1.807, 2.05) is 47.2 Å². The molecule has 0 atom stereocenters. The van der Waals surface area contributed by atoms with E-state index in [-0.39, 0.29) is 24.9 Å². The van der Waals surface area contributed by atoms with Crippen molar-refractivity contribution in [3.8, 4) is 11.3 Å². The number of hydrogen-bond acceptors (Lipinski definition) is 6. The summed E-state index contributed by atoms with van der Waals surface area (Å²) >= 11 is 0. The lowest BCUT2D eigenvalue weighted by Crippen LogP contribution is -2.48. The number of amides is 2. The second-order valence-corrected chi connectivity index (χ2v) is 10.3. The summed E-state index contributed by atoms with van der Waals surface area (Å²) in [6.07, 6.45) is 7.00. The molecule has 8 nitrogen and oxygen atoms in total. The van der Waals surface area contributed by atoms with E-state index in [1.165, 1.54) is 11.1 Å². The number of fused-ring (bicyclic) bond motifs is 1. The molecule has 3 aromatic rings. The highest BCUT2D eigenvalue weighted by Crippen LogP contribution is 2.28. The van der Waals surface area contributed by atoms with Crippen LogP contribution in [0.25, 0.3) is 11.3 Å². The first-order valence-corrected chi connectivity index (χ1v) is 13.3. The van der Waals surface area contributed by atoms with Gasteiger partial charge in [-0.2, -0.15) is 0 Å². The van der Waals surface area contributed by atoms with Crippen molar-refractivity contribution >= 4 is 17.5 Å². The van der Waals surface area contributed by atoms with Gasteiger partial charge in [0.05, 0.1) is 25.0 Å². The maximum atomic E-state index is 13.5. The van der Waals surface area contributed by atoms with Gasteiger partial charge in [-0.3, -0.25) is 24.6 Å². The van der Waals surface area contributed by atoms with E-state index in [0.29, 0.717) is 25.6 Å². The number of hydrogen-bond donors (Lipinski definition) is 1. The fourth-order valence-electron chi connectivity index (χ4n) is 4.70. The lowest BCUT2D eigenvalue weighted by molar-refractivity contribution is -0.145. The normalized spacial score (nSPS) is 12.9. The molecule has 1 aliphatic rings. The van der Waals surface area contributed by atoms with Crippen molar-refractivity contribution in [3.05, 3.63) is 77.7 Å². The zero-order valence-electron chi connectivity index (χ0n) is 22.9. The van der Waals surface area contributed by atoms with Gasteiger partial charge in [0.25, 0.3) is 5.91 Å². The average Bonchev–Trinajstić information content (AvgIpc) is 3.35.